The largest absolute Gasteiger partial charge is 0.359 e. The normalized spacial score (nSPS) is 12.8. The molecule has 3 rings (SSSR count). The van der Waals surface area contributed by atoms with Crippen molar-refractivity contribution in [3.63, 3.8) is 0 Å². The van der Waals surface area contributed by atoms with Crippen LogP contribution in [0.3, 0.4) is 0 Å². The van der Waals surface area contributed by atoms with E-state index >= 15 is 0 Å². The summed E-state index contributed by atoms with van der Waals surface area (Å²) in [5.74, 6) is 1.81. The summed E-state index contributed by atoms with van der Waals surface area (Å²) in [4.78, 5) is 8.57. The zero-order valence-corrected chi connectivity index (χ0v) is 10.7. The van der Waals surface area contributed by atoms with E-state index in [2.05, 4.69) is 41.1 Å². The Morgan fingerprint density at radius 3 is 2.84 bits per heavy atom. The highest BCUT2D eigenvalue weighted by molar-refractivity contribution is 5.87. The second-order valence-electron chi connectivity index (χ2n) is 4.20. The van der Waals surface area contributed by atoms with Crippen molar-refractivity contribution >= 4 is 16.9 Å². The topological polar surface area (TPSA) is 118 Å². The number of hydrogen-bond donors (Lipinski definition) is 2. The van der Waals surface area contributed by atoms with Gasteiger partial charge in [-0.25, -0.2) is 4.98 Å². The number of nitrogens with one attached hydrogen (secondary N) is 2. The van der Waals surface area contributed by atoms with Crippen LogP contribution in [-0.4, -0.2) is 35.7 Å². The van der Waals surface area contributed by atoms with E-state index in [1.165, 1.54) is 0 Å². The van der Waals surface area contributed by atoms with Gasteiger partial charge in [-0.05, 0) is 20.8 Å². The lowest BCUT2D eigenvalue weighted by Crippen LogP contribution is -2.11. The average Bonchev–Trinajstić information content (AvgIpc) is 2.99. The maximum absolute atomic E-state index is 5.15. The molecule has 1 unspecified atom stereocenters. The minimum atomic E-state index is -0.148. The van der Waals surface area contributed by atoms with E-state index in [1.807, 2.05) is 13.8 Å². The van der Waals surface area contributed by atoms with Gasteiger partial charge in [-0.2, -0.15) is 10.2 Å². The van der Waals surface area contributed by atoms with E-state index in [0.29, 0.717) is 23.2 Å². The molecule has 19 heavy (non-hydrogen) atoms. The number of rotatable bonds is 3. The van der Waals surface area contributed by atoms with Gasteiger partial charge in [-0.15, -0.1) is 10.2 Å². The first-order valence-electron chi connectivity index (χ1n) is 5.75. The standard InChI is InChI=1S/C10H12N8O/c1-4-7-9(11-5(2)8-14-17-18-15-8)12-6(3)13-10(7)19-16-4/h5H,1-3H3,(H,11,12,13)(H,14,15,17,18). The highest BCUT2D eigenvalue weighted by Gasteiger charge is 2.17. The number of nitrogens with zero attached hydrogens (tertiary/aromatic N) is 6. The Morgan fingerprint density at radius 1 is 1.26 bits per heavy atom. The third kappa shape index (κ3) is 1.98. The molecule has 0 amide bonds. The summed E-state index contributed by atoms with van der Waals surface area (Å²) in [6.45, 7) is 5.55. The van der Waals surface area contributed by atoms with Crippen LogP contribution in [0.2, 0.25) is 0 Å². The number of fused-ring (bicyclic) bond motifs is 1. The number of aromatic nitrogens is 7. The first-order chi connectivity index (χ1) is 9.15. The van der Waals surface area contributed by atoms with E-state index in [4.69, 9.17) is 4.52 Å². The number of anilines is 1. The van der Waals surface area contributed by atoms with Gasteiger partial charge in [0.1, 0.15) is 17.0 Å². The molecule has 0 radical (unpaired) electrons. The molecule has 0 aliphatic rings. The van der Waals surface area contributed by atoms with E-state index < -0.39 is 0 Å². The van der Waals surface area contributed by atoms with Crippen molar-refractivity contribution in [2.45, 2.75) is 26.8 Å². The van der Waals surface area contributed by atoms with Crippen LogP contribution in [-0.2, 0) is 0 Å². The van der Waals surface area contributed by atoms with Gasteiger partial charge in [0.15, 0.2) is 5.82 Å². The summed E-state index contributed by atoms with van der Waals surface area (Å²) in [5.41, 5.74) is 1.20. The lowest BCUT2D eigenvalue weighted by Gasteiger charge is -2.11. The smallest absolute Gasteiger partial charge is 0.263 e. The summed E-state index contributed by atoms with van der Waals surface area (Å²) in [6, 6.07) is -0.148. The monoisotopic (exact) mass is 260 g/mol. The molecule has 3 heterocycles. The molecule has 9 heteroatoms. The van der Waals surface area contributed by atoms with E-state index in [9.17, 15) is 0 Å². The molecule has 0 saturated heterocycles. The van der Waals surface area contributed by atoms with Crippen molar-refractivity contribution in [1.82, 2.24) is 35.7 Å². The Balaban J connectivity index is 2.02. The van der Waals surface area contributed by atoms with Gasteiger partial charge in [0.2, 0.25) is 0 Å². The molecule has 0 spiro atoms. The summed E-state index contributed by atoms with van der Waals surface area (Å²) in [6.07, 6.45) is 0. The molecule has 1 atom stereocenters. The van der Waals surface area contributed by atoms with Crippen molar-refractivity contribution in [1.29, 1.82) is 0 Å². The molecule has 3 aromatic rings. The van der Waals surface area contributed by atoms with Gasteiger partial charge >= 0.3 is 0 Å². The van der Waals surface area contributed by atoms with Crippen LogP contribution in [0.15, 0.2) is 4.52 Å². The molecule has 0 aliphatic heterocycles. The summed E-state index contributed by atoms with van der Waals surface area (Å²) >= 11 is 0. The first-order valence-corrected chi connectivity index (χ1v) is 5.75. The van der Waals surface area contributed by atoms with Gasteiger partial charge in [0.05, 0.1) is 11.7 Å². The summed E-state index contributed by atoms with van der Waals surface area (Å²) < 4.78 is 5.15. The molecular weight excluding hydrogens is 248 g/mol. The van der Waals surface area contributed by atoms with Crippen LogP contribution >= 0.6 is 0 Å². The highest BCUT2D eigenvalue weighted by atomic mass is 16.5. The van der Waals surface area contributed by atoms with Crippen LogP contribution in [0.4, 0.5) is 5.82 Å². The van der Waals surface area contributed by atoms with Crippen LogP contribution in [0.25, 0.3) is 11.1 Å². The zero-order chi connectivity index (χ0) is 13.4. The van der Waals surface area contributed by atoms with Gasteiger partial charge in [0.25, 0.3) is 5.71 Å². The van der Waals surface area contributed by atoms with E-state index in [0.717, 1.165) is 11.1 Å². The lowest BCUT2D eigenvalue weighted by molar-refractivity contribution is 0.442. The predicted octanol–water partition coefficient (Wildman–Crippen LogP) is 0.921. The average molecular weight is 260 g/mol. The Morgan fingerprint density at radius 2 is 2.11 bits per heavy atom. The number of tetrazole rings is 1. The van der Waals surface area contributed by atoms with Crippen molar-refractivity contribution in [2.24, 2.45) is 0 Å². The first kappa shape index (κ1) is 11.5. The Labute approximate surface area is 107 Å². The van der Waals surface area contributed by atoms with Crippen molar-refractivity contribution < 1.29 is 4.52 Å². The third-order valence-electron chi connectivity index (χ3n) is 2.72. The fourth-order valence-corrected chi connectivity index (χ4v) is 1.82. The molecule has 0 aromatic carbocycles. The molecule has 0 bridgehead atoms. The zero-order valence-electron chi connectivity index (χ0n) is 10.7. The highest BCUT2D eigenvalue weighted by Crippen LogP contribution is 2.26. The maximum Gasteiger partial charge on any atom is 0.263 e. The van der Waals surface area contributed by atoms with Crippen molar-refractivity contribution in [2.75, 3.05) is 5.32 Å². The van der Waals surface area contributed by atoms with E-state index in [1.54, 1.807) is 6.92 Å². The molecule has 2 N–H and O–H groups in total. The SMILES string of the molecule is Cc1nc(NC(C)c2nn[nH]n2)c2c(C)noc2n1. The maximum atomic E-state index is 5.15. The summed E-state index contributed by atoms with van der Waals surface area (Å²) in [5, 5.41) is 21.7. The number of hydrogen-bond acceptors (Lipinski definition) is 8. The second kappa shape index (κ2) is 4.26. The molecule has 0 fully saturated rings. The molecular formula is C10H12N8O. The predicted molar refractivity (Wildman–Crippen MR) is 65.3 cm³/mol. The minimum Gasteiger partial charge on any atom is -0.359 e. The minimum absolute atomic E-state index is 0.148. The summed E-state index contributed by atoms with van der Waals surface area (Å²) in [7, 11) is 0. The van der Waals surface area contributed by atoms with Gasteiger partial charge in [-0.1, -0.05) is 10.4 Å². The second-order valence-corrected chi connectivity index (χ2v) is 4.20. The van der Waals surface area contributed by atoms with Crippen LogP contribution in [0, 0.1) is 13.8 Å². The molecule has 98 valence electrons. The Hall–Kier alpha value is -2.58. The molecule has 0 aliphatic carbocycles. The Bertz CT molecular complexity index is 704. The molecule has 9 nitrogen and oxygen atoms in total. The Kier molecular flexibility index (Phi) is 2.58. The van der Waals surface area contributed by atoms with Gasteiger partial charge < -0.3 is 9.84 Å². The van der Waals surface area contributed by atoms with Crippen LogP contribution in [0.5, 0.6) is 0 Å². The van der Waals surface area contributed by atoms with Crippen molar-refractivity contribution in [3.05, 3.63) is 17.3 Å². The van der Waals surface area contributed by atoms with Crippen LogP contribution < -0.4 is 5.32 Å². The van der Waals surface area contributed by atoms with Crippen LogP contribution in [0.1, 0.15) is 30.3 Å². The number of aromatic amines is 1. The lowest BCUT2D eigenvalue weighted by atomic mass is 10.2. The van der Waals surface area contributed by atoms with Gasteiger partial charge in [-0.3, -0.25) is 0 Å². The van der Waals surface area contributed by atoms with Crippen molar-refractivity contribution in [3.8, 4) is 0 Å². The molecule has 0 saturated carbocycles. The fraction of sp³-hybridized carbons (Fsp3) is 0.400. The molecule has 3 aromatic heterocycles. The number of H-pyrrole nitrogens is 1. The van der Waals surface area contributed by atoms with E-state index in [-0.39, 0.29) is 6.04 Å². The number of aryl methyl sites for hydroxylation is 2. The fourth-order valence-electron chi connectivity index (χ4n) is 1.82. The third-order valence-corrected chi connectivity index (χ3v) is 2.72. The quantitative estimate of drug-likeness (QED) is 0.713. The van der Waals surface area contributed by atoms with Gasteiger partial charge in [0, 0.05) is 0 Å².